The fourth-order valence-corrected chi connectivity index (χ4v) is 2.46. The van der Waals surface area contributed by atoms with E-state index in [1.54, 1.807) is 9.80 Å². The standard InChI is InChI=1S/C12H19N3O3/c1-2-4-9-13-10(16)7-15(9)12(18)8-14-6-3-5-11(14)17/h9H,2-8H2,1H3,(H,13,16). The topological polar surface area (TPSA) is 69.7 Å². The van der Waals surface area contributed by atoms with Gasteiger partial charge in [-0.1, -0.05) is 13.3 Å². The van der Waals surface area contributed by atoms with Crippen molar-refractivity contribution in [2.24, 2.45) is 0 Å². The molecule has 0 aliphatic carbocycles. The number of hydrogen-bond acceptors (Lipinski definition) is 3. The van der Waals surface area contributed by atoms with Crippen LogP contribution in [0.2, 0.25) is 0 Å². The summed E-state index contributed by atoms with van der Waals surface area (Å²) < 4.78 is 0. The number of likely N-dealkylation sites (tertiary alicyclic amines) is 1. The number of carbonyl (C=O) groups is 3. The highest BCUT2D eigenvalue weighted by atomic mass is 16.2. The van der Waals surface area contributed by atoms with E-state index in [4.69, 9.17) is 0 Å². The van der Waals surface area contributed by atoms with Gasteiger partial charge in [0, 0.05) is 13.0 Å². The second-order valence-electron chi connectivity index (χ2n) is 4.81. The van der Waals surface area contributed by atoms with Gasteiger partial charge >= 0.3 is 0 Å². The largest absolute Gasteiger partial charge is 0.334 e. The normalized spacial score (nSPS) is 23.7. The molecule has 2 saturated heterocycles. The molecule has 2 heterocycles. The summed E-state index contributed by atoms with van der Waals surface area (Å²) in [6.45, 7) is 2.88. The van der Waals surface area contributed by atoms with Gasteiger partial charge in [0.25, 0.3) is 0 Å². The van der Waals surface area contributed by atoms with Crippen molar-refractivity contribution in [2.45, 2.75) is 38.8 Å². The minimum atomic E-state index is -0.201. The Balaban J connectivity index is 1.94. The molecule has 2 fully saturated rings. The zero-order valence-corrected chi connectivity index (χ0v) is 10.6. The number of carbonyl (C=O) groups excluding carboxylic acids is 3. The Morgan fingerprint density at radius 1 is 1.44 bits per heavy atom. The molecule has 6 heteroatoms. The molecule has 0 aromatic heterocycles. The van der Waals surface area contributed by atoms with Crippen LogP contribution in [0.1, 0.15) is 32.6 Å². The second kappa shape index (κ2) is 5.37. The maximum atomic E-state index is 12.1. The number of hydrogen-bond donors (Lipinski definition) is 1. The molecule has 3 amide bonds. The van der Waals surface area contributed by atoms with Crippen molar-refractivity contribution in [3.63, 3.8) is 0 Å². The van der Waals surface area contributed by atoms with Crippen LogP contribution >= 0.6 is 0 Å². The van der Waals surface area contributed by atoms with Crippen LogP contribution in [-0.2, 0) is 14.4 Å². The van der Waals surface area contributed by atoms with Crippen molar-refractivity contribution < 1.29 is 14.4 Å². The van der Waals surface area contributed by atoms with E-state index in [2.05, 4.69) is 5.32 Å². The molecule has 0 spiro atoms. The van der Waals surface area contributed by atoms with E-state index in [0.29, 0.717) is 13.0 Å². The Labute approximate surface area is 106 Å². The minimum absolute atomic E-state index is 0.0360. The SMILES string of the molecule is CCCC1NC(=O)CN1C(=O)CN1CCCC1=O. The van der Waals surface area contributed by atoms with Gasteiger partial charge in [0.2, 0.25) is 17.7 Å². The van der Waals surface area contributed by atoms with Gasteiger partial charge in [-0.25, -0.2) is 0 Å². The number of rotatable bonds is 4. The predicted molar refractivity (Wildman–Crippen MR) is 64.4 cm³/mol. The fourth-order valence-electron chi connectivity index (χ4n) is 2.46. The van der Waals surface area contributed by atoms with Crippen LogP contribution in [0.4, 0.5) is 0 Å². The first kappa shape index (κ1) is 12.9. The lowest BCUT2D eigenvalue weighted by Gasteiger charge is -2.25. The predicted octanol–water partition coefficient (Wildman–Crippen LogP) is -0.307. The summed E-state index contributed by atoms with van der Waals surface area (Å²) in [5, 5.41) is 2.78. The third-order valence-electron chi connectivity index (χ3n) is 3.40. The van der Waals surface area contributed by atoms with Crippen LogP contribution in [0.3, 0.4) is 0 Å². The summed E-state index contributed by atoms with van der Waals surface area (Å²) in [5.41, 5.74) is 0. The molecule has 6 nitrogen and oxygen atoms in total. The van der Waals surface area contributed by atoms with Crippen LogP contribution < -0.4 is 5.32 Å². The zero-order chi connectivity index (χ0) is 13.1. The van der Waals surface area contributed by atoms with Crippen LogP contribution in [0, 0.1) is 0 Å². The lowest BCUT2D eigenvalue weighted by Crippen LogP contribution is -2.45. The number of nitrogens with one attached hydrogen (secondary N) is 1. The van der Waals surface area contributed by atoms with Gasteiger partial charge in [0.1, 0.15) is 12.7 Å². The first-order valence-electron chi connectivity index (χ1n) is 6.48. The second-order valence-corrected chi connectivity index (χ2v) is 4.81. The summed E-state index contributed by atoms with van der Waals surface area (Å²) in [4.78, 5) is 38.1. The van der Waals surface area contributed by atoms with Gasteiger partial charge in [0.05, 0.1) is 6.54 Å². The van der Waals surface area contributed by atoms with E-state index in [9.17, 15) is 14.4 Å². The molecule has 2 aliphatic rings. The summed E-state index contributed by atoms with van der Waals surface area (Å²) in [6.07, 6.45) is 2.81. The van der Waals surface area contributed by atoms with Crippen molar-refractivity contribution in [1.82, 2.24) is 15.1 Å². The summed E-state index contributed by atoms with van der Waals surface area (Å²) in [7, 11) is 0. The zero-order valence-electron chi connectivity index (χ0n) is 10.6. The quantitative estimate of drug-likeness (QED) is 0.747. The average Bonchev–Trinajstić information content (AvgIpc) is 2.87. The Bertz CT molecular complexity index is 370. The maximum Gasteiger partial charge on any atom is 0.244 e. The monoisotopic (exact) mass is 253 g/mol. The molecule has 100 valence electrons. The Morgan fingerprint density at radius 2 is 2.22 bits per heavy atom. The van der Waals surface area contributed by atoms with Gasteiger partial charge in [-0.15, -0.1) is 0 Å². The highest BCUT2D eigenvalue weighted by Crippen LogP contribution is 2.14. The third-order valence-corrected chi connectivity index (χ3v) is 3.40. The summed E-state index contributed by atoms with van der Waals surface area (Å²) in [5.74, 6) is -0.217. The van der Waals surface area contributed by atoms with Gasteiger partial charge < -0.3 is 15.1 Å². The lowest BCUT2D eigenvalue weighted by atomic mass is 10.2. The molecule has 18 heavy (non-hydrogen) atoms. The van der Waals surface area contributed by atoms with Crippen LogP contribution in [0.25, 0.3) is 0 Å². The first-order chi connectivity index (χ1) is 8.61. The Hall–Kier alpha value is -1.59. The van der Waals surface area contributed by atoms with Crippen LogP contribution in [0.5, 0.6) is 0 Å². The highest BCUT2D eigenvalue weighted by molar-refractivity contribution is 5.91. The van der Waals surface area contributed by atoms with E-state index in [-0.39, 0.29) is 37.0 Å². The fraction of sp³-hybridized carbons (Fsp3) is 0.750. The number of nitrogens with zero attached hydrogens (tertiary/aromatic N) is 2. The molecule has 0 aromatic carbocycles. The minimum Gasteiger partial charge on any atom is -0.334 e. The molecular weight excluding hydrogens is 234 g/mol. The lowest BCUT2D eigenvalue weighted by molar-refractivity contribution is -0.139. The maximum absolute atomic E-state index is 12.1. The average molecular weight is 253 g/mol. The summed E-state index contributed by atoms with van der Waals surface area (Å²) in [6, 6.07) is 0. The van der Waals surface area contributed by atoms with Crippen molar-refractivity contribution >= 4 is 17.7 Å². The van der Waals surface area contributed by atoms with Crippen molar-refractivity contribution in [1.29, 1.82) is 0 Å². The van der Waals surface area contributed by atoms with Crippen molar-refractivity contribution in [3.05, 3.63) is 0 Å². The van der Waals surface area contributed by atoms with E-state index in [1.165, 1.54) is 0 Å². The van der Waals surface area contributed by atoms with Crippen LogP contribution in [0.15, 0.2) is 0 Å². The van der Waals surface area contributed by atoms with Gasteiger partial charge in [0.15, 0.2) is 0 Å². The van der Waals surface area contributed by atoms with Gasteiger partial charge in [-0.2, -0.15) is 0 Å². The molecule has 0 radical (unpaired) electrons. The molecule has 0 aromatic rings. The van der Waals surface area contributed by atoms with E-state index >= 15 is 0 Å². The molecular formula is C12H19N3O3. The molecule has 1 unspecified atom stereocenters. The number of amides is 3. The smallest absolute Gasteiger partial charge is 0.244 e. The van der Waals surface area contributed by atoms with Crippen LogP contribution in [-0.4, -0.2) is 53.3 Å². The molecule has 0 saturated carbocycles. The van der Waals surface area contributed by atoms with Gasteiger partial charge in [-0.05, 0) is 12.8 Å². The Kier molecular flexibility index (Phi) is 3.84. The third kappa shape index (κ3) is 2.63. The van der Waals surface area contributed by atoms with Crippen molar-refractivity contribution in [2.75, 3.05) is 19.6 Å². The molecule has 2 aliphatic heterocycles. The molecule has 0 bridgehead atoms. The molecule has 1 N–H and O–H groups in total. The Morgan fingerprint density at radius 3 is 2.83 bits per heavy atom. The van der Waals surface area contributed by atoms with Gasteiger partial charge in [-0.3, -0.25) is 14.4 Å². The van der Waals surface area contributed by atoms with E-state index in [1.807, 2.05) is 6.92 Å². The molecule has 1 atom stereocenters. The van der Waals surface area contributed by atoms with Crippen molar-refractivity contribution in [3.8, 4) is 0 Å². The molecule has 2 rings (SSSR count). The van der Waals surface area contributed by atoms with E-state index in [0.717, 1.165) is 19.3 Å². The first-order valence-corrected chi connectivity index (χ1v) is 6.48. The summed E-state index contributed by atoms with van der Waals surface area (Å²) >= 11 is 0. The van der Waals surface area contributed by atoms with E-state index < -0.39 is 0 Å². The highest BCUT2D eigenvalue weighted by Gasteiger charge is 2.34.